The van der Waals surface area contributed by atoms with Gasteiger partial charge in [-0.15, -0.1) is 0 Å². The number of rotatable bonds is 14. The summed E-state index contributed by atoms with van der Waals surface area (Å²) in [5.41, 5.74) is 0. The Morgan fingerprint density at radius 1 is 0.840 bits per heavy atom. The first-order valence-corrected chi connectivity index (χ1v) is 9.77. The predicted molar refractivity (Wildman–Crippen MR) is 96.4 cm³/mol. The quantitative estimate of drug-likeness (QED) is 0.411. The molecule has 0 amide bonds. The highest BCUT2D eigenvalue weighted by Gasteiger charge is 2.43. The molecule has 1 heterocycles. The molecule has 1 aliphatic rings. The third-order valence-electron chi connectivity index (χ3n) is 4.70. The number of aliphatic hydroxyl groups excluding tert-OH is 3. The molecule has 150 valence electrons. The molecule has 6 heteroatoms. The minimum absolute atomic E-state index is 0.0175. The molecule has 1 fully saturated rings. The fourth-order valence-electron chi connectivity index (χ4n) is 3.03. The Morgan fingerprint density at radius 2 is 1.40 bits per heavy atom. The van der Waals surface area contributed by atoms with Gasteiger partial charge in [0.05, 0.1) is 7.98 Å². The number of hydrogen-bond donors (Lipinski definition) is 3. The van der Waals surface area contributed by atoms with E-state index in [-0.39, 0.29) is 6.61 Å². The third-order valence-corrected chi connectivity index (χ3v) is 4.70. The summed E-state index contributed by atoms with van der Waals surface area (Å²) in [6.07, 6.45) is 5.94. The largest absolute Gasteiger partial charge is 0.387 e. The standard InChI is InChI=1S/C19H38O6/c1-3-4-5-6-7-8-9-10-11-12-13-24-14-15-16(20)17(21)18(22)19(23-2)25-15/h15-22H,3-14H2,1-2H3/t15-,16-,17+,18+,19?/m1/s1/i13D/t13?,15-,16-,17+,18+,19?. The van der Waals surface area contributed by atoms with Gasteiger partial charge in [0.2, 0.25) is 0 Å². The normalized spacial score (nSPS) is 31.7. The van der Waals surface area contributed by atoms with Crippen LogP contribution >= 0.6 is 0 Å². The maximum Gasteiger partial charge on any atom is 0.186 e. The summed E-state index contributed by atoms with van der Waals surface area (Å²) in [7, 11) is 1.35. The second-order valence-electron chi connectivity index (χ2n) is 6.87. The van der Waals surface area contributed by atoms with Gasteiger partial charge in [0, 0.05) is 13.7 Å². The van der Waals surface area contributed by atoms with E-state index in [1.165, 1.54) is 52.1 Å². The van der Waals surface area contributed by atoms with Gasteiger partial charge in [0.15, 0.2) is 6.29 Å². The van der Waals surface area contributed by atoms with E-state index in [1.807, 2.05) is 0 Å². The third kappa shape index (κ3) is 8.80. The highest BCUT2D eigenvalue weighted by molar-refractivity contribution is 4.88. The van der Waals surface area contributed by atoms with E-state index in [0.29, 0.717) is 6.42 Å². The highest BCUT2D eigenvalue weighted by atomic mass is 16.7. The van der Waals surface area contributed by atoms with E-state index in [0.717, 1.165) is 12.8 Å². The van der Waals surface area contributed by atoms with Crippen molar-refractivity contribution in [1.29, 1.82) is 0 Å². The van der Waals surface area contributed by atoms with E-state index in [1.54, 1.807) is 0 Å². The van der Waals surface area contributed by atoms with E-state index in [9.17, 15) is 15.3 Å². The van der Waals surface area contributed by atoms with Crippen molar-refractivity contribution in [2.24, 2.45) is 0 Å². The molecule has 6 atom stereocenters. The predicted octanol–water partition coefficient (Wildman–Crippen LogP) is 2.38. The second-order valence-corrected chi connectivity index (χ2v) is 6.87. The summed E-state index contributed by atoms with van der Waals surface area (Å²) in [5.74, 6) is 0. The van der Waals surface area contributed by atoms with Crippen LogP contribution < -0.4 is 0 Å². The van der Waals surface area contributed by atoms with Crippen LogP contribution in [-0.4, -0.2) is 66.3 Å². The Balaban J connectivity index is 2.09. The molecule has 1 saturated heterocycles. The summed E-state index contributed by atoms with van der Waals surface area (Å²) in [4.78, 5) is 0. The Kier molecular flexibility index (Phi) is 11.7. The van der Waals surface area contributed by atoms with Crippen LogP contribution in [0.2, 0.25) is 0 Å². The number of methoxy groups -OCH3 is 1. The van der Waals surface area contributed by atoms with E-state index >= 15 is 0 Å². The summed E-state index contributed by atoms with van der Waals surface area (Å²) in [5, 5.41) is 29.5. The minimum Gasteiger partial charge on any atom is -0.387 e. The van der Waals surface area contributed by atoms with Crippen LogP contribution in [0.4, 0.5) is 0 Å². The van der Waals surface area contributed by atoms with Gasteiger partial charge >= 0.3 is 0 Å². The van der Waals surface area contributed by atoms with E-state index in [4.69, 9.17) is 15.6 Å². The van der Waals surface area contributed by atoms with Crippen molar-refractivity contribution in [2.45, 2.75) is 102 Å². The molecule has 0 aromatic rings. The number of unbranched alkanes of at least 4 members (excludes halogenated alkanes) is 8. The first kappa shape index (κ1) is 21.1. The molecule has 6 nitrogen and oxygen atoms in total. The highest BCUT2D eigenvalue weighted by Crippen LogP contribution is 2.22. The minimum atomic E-state index is -1.36. The fraction of sp³-hybridized carbons (Fsp3) is 1.00. The van der Waals surface area contributed by atoms with Crippen LogP contribution in [0.15, 0.2) is 0 Å². The Hall–Kier alpha value is -0.240. The molecular formula is C19H38O6. The Bertz CT molecular complexity index is 344. The lowest BCUT2D eigenvalue weighted by Gasteiger charge is -2.39. The van der Waals surface area contributed by atoms with Crippen molar-refractivity contribution in [3.8, 4) is 0 Å². The molecule has 0 aliphatic carbocycles. The second kappa shape index (κ2) is 13.9. The van der Waals surface area contributed by atoms with Gasteiger partial charge in [-0.3, -0.25) is 0 Å². The molecule has 0 radical (unpaired) electrons. The molecular weight excluding hydrogens is 324 g/mol. The van der Waals surface area contributed by atoms with Gasteiger partial charge in [0.1, 0.15) is 24.4 Å². The molecule has 0 aromatic carbocycles. The van der Waals surface area contributed by atoms with Crippen LogP contribution in [0, 0.1) is 0 Å². The van der Waals surface area contributed by atoms with Crippen LogP contribution in [0.25, 0.3) is 0 Å². The smallest absolute Gasteiger partial charge is 0.186 e. The van der Waals surface area contributed by atoms with Gasteiger partial charge in [-0.05, 0) is 6.42 Å². The average Bonchev–Trinajstić information content (AvgIpc) is 2.64. The lowest BCUT2D eigenvalue weighted by molar-refractivity contribution is -0.296. The van der Waals surface area contributed by atoms with Crippen molar-refractivity contribution >= 4 is 0 Å². The van der Waals surface area contributed by atoms with E-state index < -0.39 is 37.3 Å². The van der Waals surface area contributed by atoms with Crippen LogP contribution in [-0.2, 0) is 14.2 Å². The van der Waals surface area contributed by atoms with Gasteiger partial charge in [-0.1, -0.05) is 64.7 Å². The van der Waals surface area contributed by atoms with Gasteiger partial charge in [0.25, 0.3) is 0 Å². The van der Waals surface area contributed by atoms with E-state index in [2.05, 4.69) is 6.92 Å². The van der Waals surface area contributed by atoms with Gasteiger partial charge in [-0.2, -0.15) is 0 Å². The monoisotopic (exact) mass is 363 g/mol. The molecule has 0 bridgehead atoms. The summed E-state index contributed by atoms with van der Waals surface area (Å²) >= 11 is 0. The van der Waals surface area contributed by atoms with Crippen molar-refractivity contribution in [3.63, 3.8) is 0 Å². The summed E-state index contributed by atoms with van der Waals surface area (Å²) in [6.45, 7) is 1.53. The average molecular weight is 364 g/mol. The van der Waals surface area contributed by atoms with Crippen molar-refractivity contribution < 1.29 is 30.9 Å². The maximum atomic E-state index is 9.95. The Morgan fingerprint density at radius 3 is 1.96 bits per heavy atom. The molecule has 3 N–H and O–H groups in total. The molecule has 1 aliphatic heterocycles. The van der Waals surface area contributed by atoms with Gasteiger partial charge in [-0.25, -0.2) is 0 Å². The summed E-state index contributed by atoms with van der Waals surface area (Å²) in [6, 6.07) is 0. The number of hydrogen-bond acceptors (Lipinski definition) is 6. The zero-order valence-electron chi connectivity index (χ0n) is 16.8. The topological polar surface area (TPSA) is 88.4 Å². The lowest BCUT2D eigenvalue weighted by Crippen LogP contribution is -2.59. The van der Waals surface area contributed by atoms with Crippen molar-refractivity contribution in [3.05, 3.63) is 0 Å². The van der Waals surface area contributed by atoms with Crippen LogP contribution in [0.5, 0.6) is 0 Å². The zero-order chi connectivity index (χ0) is 19.4. The first-order valence-electron chi connectivity index (χ1n) is 10.3. The number of aliphatic hydroxyl groups is 3. The Labute approximate surface area is 153 Å². The molecule has 0 aromatic heterocycles. The molecule has 25 heavy (non-hydrogen) atoms. The number of ether oxygens (including phenoxy) is 3. The molecule has 0 saturated carbocycles. The van der Waals surface area contributed by atoms with Crippen LogP contribution in [0.3, 0.4) is 0 Å². The van der Waals surface area contributed by atoms with Crippen molar-refractivity contribution in [2.75, 3.05) is 20.3 Å². The summed E-state index contributed by atoms with van der Waals surface area (Å²) < 4.78 is 23.7. The molecule has 1 rings (SSSR count). The lowest BCUT2D eigenvalue weighted by atomic mass is 9.99. The molecule has 0 spiro atoms. The van der Waals surface area contributed by atoms with Gasteiger partial charge < -0.3 is 29.5 Å². The van der Waals surface area contributed by atoms with Crippen molar-refractivity contribution in [1.82, 2.24) is 0 Å². The SMILES string of the molecule is [2H]C(CCCCCCCCCCC)OC[C@H]1OC(OC)[C@@H](O)[C@@H](O)[C@@H]1O. The zero-order valence-corrected chi connectivity index (χ0v) is 15.8. The molecule has 2 unspecified atom stereocenters. The fourth-order valence-corrected chi connectivity index (χ4v) is 3.03. The maximum absolute atomic E-state index is 9.95. The van der Waals surface area contributed by atoms with Crippen LogP contribution in [0.1, 0.15) is 72.5 Å². The first-order chi connectivity index (χ1) is 12.5.